The first-order valence-electron chi connectivity index (χ1n) is 7.26. The van der Waals surface area contributed by atoms with Crippen LogP contribution in [0.15, 0.2) is 18.3 Å². The summed E-state index contributed by atoms with van der Waals surface area (Å²) in [7, 11) is 0. The van der Waals surface area contributed by atoms with Crippen LogP contribution in [-0.2, 0) is 0 Å². The van der Waals surface area contributed by atoms with Crippen molar-refractivity contribution in [3.05, 3.63) is 24.0 Å². The quantitative estimate of drug-likeness (QED) is 0.808. The Morgan fingerprint density at radius 2 is 2.10 bits per heavy atom. The molecule has 0 saturated heterocycles. The van der Waals surface area contributed by atoms with Gasteiger partial charge in [-0.1, -0.05) is 20.3 Å². The Hall–Kier alpha value is -2.11. The first kappa shape index (κ1) is 16.9. The zero-order chi connectivity index (χ0) is 15.8. The Balaban J connectivity index is 2.73. The first-order valence-corrected chi connectivity index (χ1v) is 7.26. The maximum atomic E-state index is 12.3. The molecule has 1 atom stereocenters. The summed E-state index contributed by atoms with van der Waals surface area (Å²) >= 11 is 0. The van der Waals surface area contributed by atoms with E-state index in [1.807, 2.05) is 13.8 Å². The Bertz CT molecular complexity index is 474. The van der Waals surface area contributed by atoms with Crippen LogP contribution in [0.25, 0.3) is 0 Å². The molecule has 1 aromatic heterocycles. The molecule has 0 aliphatic heterocycles. The molecule has 0 radical (unpaired) electrons. The predicted octanol–water partition coefficient (Wildman–Crippen LogP) is 3.21. The number of anilines is 1. The van der Waals surface area contributed by atoms with Gasteiger partial charge >= 0.3 is 12.0 Å². The number of hydrogen-bond donors (Lipinski definition) is 2. The molecule has 2 N–H and O–H groups in total. The van der Waals surface area contributed by atoms with E-state index < -0.39 is 5.97 Å². The second-order valence-corrected chi connectivity index (χ2v) is 4.97. The molecule has 0 saturated carbocycles. The van der Waals surface area contributed by atoms with E-state index in [4.69, 9.17) is 5.11 Å². The van der Waals surface area contributed by atoms with Crippen molar-refractivity contribution in [2.75, 3.05) is 11.9 Å². The van der Waals surface area contributed by atoms with Gasteiger partial charge in [-0.15, -0.1) is 0 Å². The number of carboxylic acid groups (broad SMARTS) is 1. The number of carbonyl (C=O) groups excluding carboxylic acids is 1. The normalized spacial score (nSPS) is 11.8. The van der Waals surface area contributed by atoms with Crippen molar-refractivity contribution >= 4 is 17.7 Å². The van der Waals surface area contributed by atoms with E-state index >= 15 is 0 Å². The molecule has 0 aliphatic rings. The lowest BCUT2D eigenvalue weighted by Gasteiger charge is -2.28. The molecule has 0 fully saturated rings. The molecule has 116 valence electrons. The van der Waals surface area contributed by atoms with E-state index in [0.29, 0.717) is 12.2 Å². The zero-order valence-corrected chi connectivity index (χ0v) is 12.8. The summed E-state index contributed by atoms with van der Waals surface area (Å²) in [5.41, 5.74) is 0.451. The topological polar surface area (TPSA) is 82.5 Å². The molecule has 21 heavy (non-hydrogen) atoms. The Morgan fingerprint density at radius 1 is 1.38 bits per heavy atom. The minimum atomic E-state index is -1.09. The maximum absolute atomic E-state index is 12.3. The number of aromatic carboxylic acids is 1. The molecule has 1 unspecified atom stereocenters. The lowest BCUT2D eigenvalue weighted by Crippen LogP contribution is -2.41. The molecule has 0 aromatic carbocycles. The van der Waals surface area contributed by atoms with E-state index in [1.54, 1.807) is 11.0 Å². The fourth-order valence-corrected chi connectivity index (χ4v) is 1.86. The lowest BCUT2D eigenvalue weighted by molar-refractivity contribution is 0.0690. The molecular formula is C15H23N3O3. The van der Waals surface area contributed by atoms with Crippen LogP contribution in [0.3, 0.4) is 0 Å². The Kier molecular flexibility index (Phi) is 6.65. The minimum absolute atomic E-state index is 0.0437. The van der Waals surface area contributed by atoms with Gasteiger partial charge in [0.1, 0.15) is 5.69 Å². The molecular weight excluding hydrogens is 270 g/mol. The second-order valence-electron chi connectivity index (χ2n) is 4.97. The number of nitrogens with one attached hydrogen (secondary N) is 1. The molecule has 1 aromatic rings. The van der Waals surface area contributed by atoms with Crippen molar-refractivity contribution in [3.63, 3.8) is 0 Å². The summed E-state index contributed by atoms with van der Waals surface area (Å²) in [4.78, 5) is 28.6. The van der Waals surface area contributed by atoms with Crippen LogP contribution in [-0.4, -0.2) is 39.6 Å². The highest BCUT2D eigenvalue weighted by Crippen LogP contribution is 2.11. The van der Waals surface area contributed by atoms with Crippen molar-refractivity contribution in [1.29, 1.82) is 0 Å². The Morgan fingerprint density at radius 3 is 2.57 bits per heavy atom. The van der Waals surface area contributed by atoms with E-state index in [1.165, 1.54) is 12.3 Å². The van der Waals surface area contributed by atoms with Gasteiger partial charge in [0.15, 0.2) is 0 Å². The summed E-state index contributed by atoms with van der Waals surface area (Å²) in [5, 5.41) is 11.6. The fraction of sp³-hybridized carbons (Fsp3) is 0.533. The predicted molar refractivity (Wildman–Crippen MR) is 81.6 cm³/mol. The Labute approximate surface area is 125 Å². The average molecular weight is 293 g/mol. The lowest BCUT2D eigenvalue weighted by atomic mass is 10.2. The SMILES string of the molecule is CCCCN(C(=O)Nc1ccc(C(=O)O)nc1)C(C)CC. The third kappa shape index (κ3) is 5.06. The van der Waals surface area contributed by atoms with Crippen LogP contribution >= 0.6 is 0 Å². The number of aromatic nitrogens is 1. The summed E-state index contributed by atoms with van der Waals surface area (Å²) in [6.07, 6.45) is 4.21. The highest BCUT2D eigenvalue weighted by molar-refractivity contribution is 5.90. The van der Waals surface area contributed by atoms with Crippen LogP contribution in [0.2, 0.25) is 0 Å². The molecule has 1 rings (SSSR count). The van der Waals surface area contributed by atoms with Crippen molar-refractivity contribution < 1.29 is 14.7 Å². The van der Waals surface area contributed by atoms with Crippen LogP contribution < -0.4 is 5.32 Å². The molecule has 0 bridgehead atoms. The van der Waals surface area contributed by atoms with E-state index in [0.717, 1.165) is 19.3 Å². The largest absolute Gasteiger partial charge is 0.477 e. The summed E-state index contributed by atoms with van der Waals surface area (Å²) in [5.74, 6) is -1.09. The molecule has 0 spiro atoms. The van der Waals surface area contributed by atoms with Crippen molar-refractivity contribution in [1.82, 2.24) is 9.88 Å². The zero-order valence-electron chi connectivity index (χ0n) is 12.8. The number of carboxylic acids is 1. The molecule has 6 nitrogen and oxygen atoms in total. The van der Waals surface area contributed by atoms with Gasteiger partial charge in [0.25, 0.3) is 0 Å². The van der Waals surface area contributed by atoms with Crippen molar-refractivity contribution in [2.45, 2.75) is 46.1 Å². The van der Waals surface area contributed by atoms with E-state index in [2.05, 4.69) is 17.2 Å². The highest BCUT2D eigenvalue weighted by Gasteiger charge is 2.18. The van der Waals surface area contributed by atoms with Gasteiger partial charge in [-0.05, 0) is 31.9 Å². The third-order valence-electron chi connectivity index (χ3n) is 3.37. The van der Waals surface area contributed by atoms with Crippen LogP contribution in [0, 0.1) is 0 Å². The molecule has 0 aliphatic carbocycles. The van der Waals surface area contributed by atoms with Crippen LogP contribution in [0.4, 0.5) is 10.5 Å². The maximum Gasteiger partial charge on any atom is 0.354 e. The number of hydrogen-bond acceptors (Lipinski definition) is 3. The summed E-state index contributed by atoms with van der Waals surface area (Å²) in [6.45, 7) is 6.85. The van der Waals surface area contributed by atoms with E-state index in [9.17, 15) is 9.59 Å². The number of rotatable bonds is 7. The monoisotopic (exact) mass is 293 g/mol. The van der Waals surface area contributed by atoms with Gasteiger partial charge in [0, 0.05) is 12.6 Å². The number of unbranched alkanes of at least 4 members (excludes halogenated alkanes) is 1. The molecule has 6 heteroatoms. The smallest absolute Gasteiger partial charge is 0.354 e. The first-order chi connectivity index (χ1) is 9.99. The standard InChI is InChI=1S/C15H23N3O3/c1-4-6-9-18(11(3)5-2)15(21)17-12-7-8-13(14(19)20)16-10-12/h7-8,10-11H,4-6,9H2,1-3H3,(H,17,21)(H,19,20). The molecule has 2 amide bonds. The number of amides is 2. The number of nitrogens with zero attached hydrogens (tertiary/aromatic N) is 2. The fourth-order valence-electron chi connectivity index (χ4n) is 1.86. The van der Waals surface area contributed by atoms with Gasteiger partial charge in [-0.2, -0.15) is 0 Å². The van der Waals surface area contributed by atoms with Crippen LogP contribution in [0.1, 0.15) is 50.5 Å². The van der Waals surface area contributed by atoms with Gasteiger partial charge in [0.2, 0.25) is 0 Å². The van der Waals surface area contributed by atoms with Gasteiger partial charge in [-0.3, -0.25) is 0 Å². The number of urea groups is 1. The van der Waals surface area contributed by atoms with E-state index in [-0.39, 0.29) is 17.8 Å². The second kappa shape index (κ2) is 8.24. The van der Waals surface area contributed by atoms with Crippen LogP contribution in [0.5, 0.6) is 0 Å². The summed E-state index contributed by atoms with van der Waals surface area (Å²) in [6, 6.07) is 2.89. The van der Waals surface area contributed by atoms with Crippen molar-refractivity contribution in [2.24, 2.45) is 0 Å². The van der Waals surface area contributed by atoms with Gasteiger partial charge in [-0.25, -0.2) is 14.6 Å². The van der Waals surface area contributed by atoms with Gasteiger partial charge < -0.3 is 15.3 Å². The highest BCUT2D eigenvalue weighted by atomic mass is 16.4. The number of pyridine rings is 1. The summed E-state index contributed by atoms with van der Waals surface area (Å²) < 4.78 is 0. The van der Waals surface area contributed by atoms with Crippen molar-refractivity contribution in [3.8, 4) is 0 Å². The number of carbonyl (C=O) groups is 2. The third-order valence-corrected chi connectivity index (χ3v) is 3.37. The minimum Gasteiger partial charge on any atom is -0.477 e. The molecule has 1 heterocycles. The average Bonchev–Trinajstić information content (AvgIpc) is 2.47. The van der Waals surface area contributed by atoms with Gasteiger partial charge in [0.05, 0.1) is 11.9 Å².